The van der Waals surface area contributed by atoms with Crippen LogP contribution in [0.25, 0.3) is 0 Å². The molecule has 0 aliphatic carbocycles. The van der Waals surface area contributed by atoms with Crippen molar-refractivity contribution in [3.63, 3.8) is 0 Å². The maximum absolute atomic E-state index is 13.3. The van der Waals surface area contributed by atoms with Gasteiger partial charge in [-0.3, -0.25) is 0 Å². The van der Waals surface area contributed by atoms with Gasteiger partial charge in [0.1, 0.15) is 11.9 Å². The Morgan fingerprint density at radius 1 is 1.11 bits per heavy atom. The lowest BCUT2D eigenvalue weighted by molar-refractivity contribution is 0.220. The van der Waals surface area contributed by atoms with Crippen LogP contribution in [0.3, 0.4) is 0 Å². The summed E-state index contributed by atoms with van der Waals surface area (Å²) in [4.78, 5) is 0. The van der Waals surface area contributed by atoms with Crippen LogP contribution in [0.4, 0.5) is 4.39 Å². The highest BCUT2D eigenvalue weighted by Crippen LogP contribution is 2.32. The molecule has 0 saturated heterocycles. The van der Waals surface area contributed by atoms with Crippen molar-refractivity contribution >= 4 is 39.1 Å². The topological polar surface area (TPSA) is 20.2 Å². The Morgan fingerprint density at radius 3 is 2.50 bits per heavy atom. The fourth-order valence-electron chi connectivity index (χ4n) is 1.64. The second-order valence-corrected chi connectivity index (χ2v) is 5.53. The van der Waals surface area contributed by atoms with E-state index in [2.05, 4.69) is 15.9 Å². The molecule has 2 rings (SSSR count). The number of aliphatic hydroxyl groups excluding tert-OH is 1. The lowest BCUT2D eigenvalue weighted by atomic mass is 10.0. The van der Waals surface area contributed by atoms with Gasteiger partial charge >= 0.3 is 0 Å². The average Bonchev–Trinajstić information content (AvgIpc) is 2.30. The molecule has 0 fully saturated rings. The quantitative estimate of drug-likeness (QED) is 0.810. The first-order valence-corrected chi connectivity index (χ1v) is 6.61. The zero-order valence-electron chi connectivity index (χ0n) is 9.00. The number of aliphatic hydroxyl groups is 1. The number of halogens is 4. The van der Waals surface area contributed by atoms with Crippen LogP contribution in [0, 0.1) is 5.82 Å². The van der Waals surface area contributed by atoms with E-state index in [-0.39, 0.29) is 0 Å². The van der Waals surface area contributed by atoms with Gasteiger partial charge in [-0.25, -0.2) is 4.39 Å². The van der Waals surface area contributed by atoms with Crippen LogP contribution in [0.1, 0.15) is 17.2 Å². The molecule has 1 unspecified atom stereocenters. The molecule has 1 atom stereocenters. The van der Waals surface area contributed by atoms with E-state index in [0.717, 1.165) is 0 Å². The summed E-state index contributed by atoms with van der Waals surface area (Å²) in [6, 6.07) is 8.99. The van der Waals surface area contributed by atoms with Gasteiger partial charge in [-0.2, -0.15) is 0 Å². The van der Waals surface area contributed by atoms with Gasteiger partial charge < -0.3 is 5.11 Å². The molecular weight excluding hydrogens is 342 g/mol. The Kier molecular flexibility index (Phi) is 4.28. The minimum atomic E-state index is -1.02. The molecule has 5 heteroatoms. The van der Waals surface area contributed by atoms with Gasteiger partial charge in [0.05, 0.1) is 0 Å². The summed E-state index contributed by atoms with van der Waals surface area (Å²) >= 11 is 15.0. The van der Waals surface area contributed by atoms with E-state index in [4.69, 9.17) is 23.2 Å². The van der Waals surface area contributed by atoms with Crippen LogP contribution in [-0.2, 0) is 0 Å². The minimum Gasteiger partial charge on any atom is -0.384 e. The second-order valence-electron chi connectivity index (χ2n) is 3.77. The van der Waals surface area contributed by atoms with E-state index >= 15 is 0 Å². The molecule has 0 aromatic heterocycles. The minimum absolute atomic E-state index is 0.382. The van der Waals surface area contributed by atoms with Crippen molar-refractivity contribution in [1.29, 1.82) is 0 Å². The molecule has 0 saturated carbocycles. The average molecular weight is 350 g/mol. The molecule has 94 valence electrons. The molecular formula is C13H8BrCl2FO. The monoisotopic (exact) mass is 348 g/mol. The van der Waals surface area contributed by atoms with Crippen molar-refractivity contribution in [3.05, 3.63) is 67.9 Å². The third-order valence-corrected chi connectivity index (χ3v) is 3.49. The molecule has 0 radical (unpaired) electrons. The van der Waals surface area contributed by atoms with Crippen LogP contribution >= 0.6 is 39.1 Å². The SMILES string of the molecule is OC(c1cc(F)cc(Br)c1)c1cc(Cl)ccc1Cl. The first kappa shape index (κ1) is 13.8. The van der Waals surface area contributed by atoms with E-state index < -0.39 is 11.9 Å². The van der Waals surface area contributed by atoms with E-state index in [1.165, 1.54) is 12.1 Å². The maximum atomic E-state index is 13.3. The summed E-state index contributed by atoms with van der Waals surface area (Å²) in [6.07, 6.45) is -1.02. The second kappa shape index (κ2) is 5.57. The van der Waals surface area contributed by atoms with Crippen molar-refractivity contribution in [1.82, 2.24) is 0 Å². The number of hydrogen-bond donors (Lipinski definition) is 1. The highest BCUT2D eigenvalue weighted by molar-refractivity contribution is 9.10. The Bertz CT molecular complexity index is 569. The molecule has 2 aromatic rings. The molecule has 0 heterocycles. The molecule has 1 N–H and O–H groups in total. The van der Waals surface area contributed by atoms with Crippen LogP contribution in [0.5, 0.6) is 0 Å². The zero-order valence-corrected chi connectivity index (χ0v) is 12.1. The Hall–Kier alpha value is -0.610. The number of hydrogen-bond acceptors (Lipinski definition) is 1. The number of rotatable bonds is 2. The summed E-state index contributed by atoms with van der Waals surface area (Å²) in [6.45, 7) is 0. The van der Waals surface area contributed by atoms with Crippen molar-refractivity contribution < 1.29 is 9.50 Å². The molecule has 0 aliphatic rings. The van der Waals surface area contributed by atoms with Gasteiger partial charge in [0.25, 0.3) is 0 Å². The molecule has 1 nitrogen and oxygen atoms in total. The third-order valence-electron chi connectivity index (χ3n) is 2.45. The predicted octanol–water partition coefficient (Wildman–Crippen LogP) is 4.98. The molecule has 18 heavy (non-hydrogen) atoms. The summed E-state index contributed by atoms with van der Waals surface area (Å²) in [5, 5.41) is 11.1. The first-order valence-electron chi connectivity index (χ1n) is 5.06. The van der Waals surface area contributed by atoms with Crippen LogP contribution < -0.4 is 0 Å². The van der Waals surface area contributed by atoms with E-state index in [0.29, 0.717) is 25.6 Å². The lowest BCUT2D eigenvalue weighted by Gasteiger charge is -2.14. The fraction of sp³-hybridized carbons (Fsp3) is 0.0769. The Balaban J connectivity index is 2.47. The summed E-state index contributed by atoms with van der Waals surface area (Å²) < 4.78 is 13.8. The molecule has 0 spiro atoms. The fourth-order valence-corrected chi connectivity index (χ4v) is 2.52. The maximum Gasteiger partial charge on any atom is 0.124 e. The van der Waals surface area contributed by atoms with Crippen molar-refractivity contribution in [3.8, 4) is 0 Å². The van der Waals surface area contributed by atoms with Crippen LogP contribution in [0.15, 0.2) is 40.9 Å². The van der Waals surface area contributed by atoms with Crippen molar-refractivity contribution in [2.45, 2.75) is 6.10 Å². The van der Waals surface area contributed by atoms with Gasteiger partial charge in [0.2, 0.25) is 0 Å². The van der Waals surface area contributed by atoms with Gasteiger partial charge in [0.15, 0.2) is 0 Å². The molecule has 2 aromatic carbocycles. The smallest absolute Gasteiger partial charge is 0.124 e. The van der Waals surface area contributed by atoms with Gasteiger partial charge in [-0.15, -0.1) is 0 Å². The van der Waals surface area contributed by atoms with E-state index in [1.54, 1.807) is 24.3 Å². The third kappa shape index (κ3) is 3.04. The Morgan fingerprint density at radius 2 is 1.83 bits per heavy atom. The van der Waals surface area contributed by atoms with Gasteiger partial charge in [-0.1, -0.05) is 39.1 Å². The number of benzene rings is 2. The van der Waals surface area contributed by atoms with E-state index in [1.807, 2.05) is 0 Å². The summed E-state index contributed by atoms with van der Waals surface area (Å²) in [5.41, 5.74) is 0.854. The van der Waals surface area contributed by atoms with Crippen molar-refractivity contribution in [2.24, 2.45) is 0 Å². The summed E-state index contributed by atoms with van der Waals surface area (Å²) in [7, 11) is 0. The molecule has 0 bridgehead atoms. The predicted molar refractivity (Wildman–Crippen MR) is 74.6 cm³/mol. The summed E-state index contributed by atoms with van der Waals surface area (Å²) in [5.74, 6) is -0.434. The molecule has 0 aliphatic heterocycles. The largest absolute Gasteiger partial charge is 0.384 e. The molecule has 0 amide bonds. The highest BCUT2D eigenvalue weighted by atomic mass is 79.9. The standard InChI is InChI=1S/C13H8BrCl2FO/c14-8-3-7(4-10(17)5-8)13(18)11-6-9(15)1-2-12(11)16/h1-6,13,18H. The van der Waals surface area contributed by atoms with Gasteiger partial charge in [-0.05, 0) is 42.0 Å². The van der Waals surface area contributed by atoms with Crippen LogP contribution in [-0.4, -0.2) is 5.11 Å². The van der Waals surface area contributed by atoms with E-state index in [9.17, 15) is 9.50 Å². The zero-order chi connectivity index (χ0) is 13.3. The van der Waals surface area contributed by atoms with Gasteiger partial charge in [0, 0.05) is 20.1 Å². The normalized spacial score (nSPS) is 12.5. The Labute approximate surface area is 122 Å². The van der Waals surface area contributed by atoms with Crippen LogP contribution in [0.2, 0.25) is 10.0 Å². The highest BCUT2D eigenvalue weighted by Gasteiger charge is 2.15. The van der Waals surface area contributed by atoms with Crippen molar-refractivity contribution in [2.75, 3.05) is 0 Å². The first-order chi connectivity index (χ1) is 8.47. The lowest BCUT2D eigenvalue weighted by Crippen LogP contribution is -2.01.